The molecule has 0 bridgehead atoms. The molecule has 0 saturated carbocycles. The lowest BCUT2D eigenvalue weighted by atomic mass is 9.95. The second-order valence-corrected chi connectivity index (χ2v) is 14.3. The standard InChI is InChI=1S/C51H29N3O3/c1-2-12-30(13-3-1)31-14-10-15-32(28-31)49-52-50(33-24-25-35-34-16-4-7-20-41(34)56-45(35)29-33)54-51(53-49)40-27-26-37(48-47(40)39-18-6-9-22-43(39)57-48)36-19-11-23-44-46(36)38-17-5-8-21-42(38)55-44/h1-29H. The first-order chi connectivity index (χ1) is 28.2. The molecule has 0 fully saturated rings. The van der Waals surface area contributed by atoms with Gasteiger partial charge in [0, 0.05) is 54.6 Å². The number of fused-ring (bicyclic) bond motifs is 9. The van der Waals surface area contributed by atoms with Gasteiger partial charge in [0.2, 0.25) is 0 Å². The number of rotatable bonds is 5. The monoisotopic (exact) mass is 731 g/mol. The normalized spacial score (nSPS) is 11.9. The van der Waals surface area contributed by atoms with Gasteiger partial charge in [-0.3, -0.25) is 0 Å². The zero-order valence-corrected chi connectivity index (χ0v) is 30.3. The molecule has 6 nitrogen and oxygen atoms in total. The SMILES string of the molecule is c1ccc(-c2cccc(-c3nc(-c4ccc5c(c4)oc4ccccc45)nc(-c4ccc(-c5cccc6oc7ccccc7c56)c5oc6ccccc6c45)n3)c2)cc1. The molecular weight excluding hydrogens is 703 g/mol. The van der Waals surface area contributed by atoms with Crippen molar-refractivity contribution in [2.75, 3.05) is 0 Å². The van der Waals surface area contributed by atoms with Crippen LogP contribution in [0.15, 0.2) is 189 Å². The lowest BCUT2D eigenvalue weighted by Gasteiger charge is -2.12. The minimum absolute atomic E-state index is 0.542. The van der Waals surface area contributed by atoms with Crippen LogP contribution in [0.2, 0.25) is 0 Å². The van der Waals surface area contributed by atoms with Crippen LogP contribution in [0.25, 0.3) is 122 Å². The van der Waals surface area contributed by atoms with Gasteiger partial charge >= 0.3 is 0 Å². The van der Waals surface area contributed by atoms with Crippen molar-refractivity contribution in [3.63, 3.8) is 0 Å². The fraction of sp³-hybridized carbons (Fsp3) is 0. The lowest BCUT2D eigenvalue weighted by Crippen LogP contribution is -2.01. The van der Waals surface area contributed by atoms with Crippen LogP contribution in [0.5, 0.6) is 0 Å². The lowest BCUT2D eigenvalue weighted by molar-refractivity contribution is 0.668. The number of nitrogens with zero attached hydrogens (tertiary/aromatic N) is 3. The van der Waals surface area contributed by atoms with Gasteiger partial charge in [0.05, 0.1) is 0 Å². The molecule has 0 aliphatic heterocycles. The van der Waals surface area contributed by atoms with E-state index in [0.717, 1.165) is 105 Å². The Morgan fingerprint density at radius 3 is 1.63 bits per heavy atom. The minimum Gasteiger partial charge on any atom is -0.456 e. The molecule has 4 aromatic heterocycles. The third-order valence-electron chi connectivity index (χ3n) is 11.0. The van der Waals surface area contributed by atoms with E-state index in [4.69, 9.17) is 28.2 Å². The van der Waals surface area contributed by atoms with Crippen LogP contribution in [0.4, 0.5) is 0 Å². The summed E-state index contributed by atoms with van der Waals surface area (Å²) >= 11 is 0. The summed E-state index contributed by atoms with van der Waals surface area (Å²) < 4.78 is 19.4. The highest BCUT2D eigenvalue weighted by atomic mass is 16.3. The van der Waals surface area contributed by atoms with Crippen LogP contribution in [0, 0.1) is 0 Å². The maximum atomic E-state index is 6.79. The topological polar surface area (TPSA) is 78.1 Å². The predicted molar refractivity (Wildman–Crippen MR) is 229 cm³/mol. The Balaban J connectivity index is 1.11. The number of benzene rings is 8. The third-order valence-corrected chi connectivity index (χ3v) is 11.0. The van der Waals surface area contributed by atoms with Crippen molar-refractivity contribution in [3.8, 4) is 56.4 Å². The Labute approximate surface area is 325 Å². The molecule has 0 spiro atoms. The molecule has 12 rings (SSSR count). The van der Waals surface area contributed by atoms with E-state index in [1.54, 1.807) is 0 Å². The summed E-state index contributed by atoms with van der Waals surface area (Å²) in [6, 6.07) is 59.8. The maximum absolute atomic E-state index is 6.79. The van der Waals surface area contributed by atoms with Crippen LogP contribution in [0.3, 0.4) is 0 Å². The highest BCUT2D eigenvalue weighted by Gasteiger charge is 2.23. The van der Waals surface area contributed by atoms with E-state index in [9.17, 15) is 0 Å². The van der Waals surface area contributed by atoms with Gasteiger partial charge < -0.3 is 13.3 Å². The minimum atomic E-state index is 0.542. The summed E-state index contributed by atoms with van der Waals surface area (Å²) in [4.78, 5) is 15.6. The Morgan fingerprint density at radius 2 is 0.825 bits per heavy atom. The van der Waals surface area contributed by atoms with Crippen molar-refractivity contribution >= 4 is 65.8 Å². The second kappa shape index (κ2) is 12.3. The van der Waals surface area contributed by atoms with Gasteiger partial charge in [-0.25, -0.2) is 15.0 Å². The predicted octanol–water partition coefficient (Wildman–Crippen LogP) is 13.9. The average Bonchev–Trinajstić information content (AvgIpc) is 3.98. The highest BCUT2D eigenvalue weighted by molar-refractivity contribution is 6.20. The van der Waals surface area contributed by atoms with E-state index in [0.29, 0.717) is 17.5 Å². The summed E-state index contributed by atoms with van der Waals surface area (Å²) in [5.41, 5.74) is 11.6. The molecular formula is C51H29N3O3. The van der Waals surface area contributed by atoms with Crippen molar-refractivity contribution in [1.82, 2.24) is 15.0 Å². The van der Waals surface area contributed by atoms with Gasteiger partial charge in [0.1, 0.15) is 33.5 Å². The molecule has 266 valence electrons. The molecule has 4 heterocycles. The van der Waals surface area contributed by atoms with Crippen LogP contribution < -0.4 is 0 Å². The van der Waals surface area contributed by atoms with E-state index in [2.05, 4.69) is 97.1 Å². The summed E-state index contributed by atoms with van der Waals surface area (Å²) in [5.74, 6) is 1.65. The molecule has 0 N–H and O–H groups in total. The van der Waals surface area contributed by atoms with E-state index < -0.39 is 0 Å². The molecule has 0 radical (unpaired) electrons. The van der Waals surface area contributed by atoms with Crippen LogP contribution in [-0.4, -0.2) is 15.0 Å². The van der Waals surface area contributed by atoms with Crippen molar-refractivity contribution in [2.45, 2.75) is 0 Å². The van der Waals surface area contributed by atoms with Crippen molar-refractivity contribution in [1.29, 1.82) is 0 Å². The third kappa shape index (κ3) is 5.01. The first kappa shape index (κ1) is 31.5. The van der Waals surface area contributed by atoms with Gasteiger partial charge in [-0.1, -0.05) is 121 Å². The molecule has 6 heteroatoms. The largest absolute Gasteiger partial charge is 0.456 e. The first-order valence-corrected chi connectivity index (χ1v) is 18.9. The molecule has 57 heavy (non-hydrogen) atoms. The fourth-order valence-electron chi connectivity index (χ4n) is 8.31. The molecule has 0 saturated heterocycles. The van der Waals surface area contributed by atoms with Gasteiger partial charge in [0.15, 0.2) is 17.5 Å². The van der Waals surface area contributed by atoms with Crippen LogP contribution >= 0.6 is 0 Å². The average molecular weight is 732 g/mol. The Hall–Kier alpha value is -7.83. The summed E-state index contributed by atoms with van der Waals surface area (Å²) in [6.07, 6.45) is 0. The van der Waals surface area contributed by atoms with E-state index in [1.165, 1.54) is 0 Å². The van der Waals surface area contributed by atoms with Crippen molar-refractivity contribution < 1.29 is 13.3 Å². The fourth-order valence-corrected chi connectivity index (χ4v) is 8.31. The van der Waals surface area contributed by atoms with Crippen molar-refractivity contribution in [3.05, 3.63) is 176 Å². The van der Waals surface area contributed by atoms with Crippen molar-refractivity contribution in [2.24, 2.45) is 0 Å². The Morgan fingerprint density at radius 1 is 0.281 bits per heavy atom. The van der Waals surface area contributed by atoms with E-state index in [-0.39, 0.29) is 0 Å². The summed E-state index contributed by atoms with van der Waals surface area (Å²) in [7, 11) is 0. The van der Waals surface area contributed by atoms with E-state index >= 15 is 0 Å². The quantitative estimate of drug-likeness (QED) is 0.175. The molecule has 0 atom stereocenters. The van der Waals surface area contributed by atoms with Crippen LogP contribution in [-0.2, 0) is 0 Å². The highest BCUT2D eigenvalue weighted by Crippen LogP contribution is 2.45. The van der Waals surface area contributed by atoms with Gasteiger partial charge in [-0.15, -0.1) is 0 Å². The van der Waals surface area contributed by atoms with Gasteiger partial charge in [-0.2, -0.15) is 0 Å². The molecule has 0 unspecified atom stereocenters. The Kier molecular flexibility index (Phi) is 6.83. The first-order valence-electron chi connectivity index (χ1n) is 18.9. The summed E-state index contributed by atoms with van der Waals surface area (Å²) in [6.45, 7) is 0. The molecule has 0 amide bonds. The summed E-state index contributed by atoms with van der Waals surface area (Å²) in [5, 5.41) is 6.13. The van der Waals surface area contributed by atoms with Crippen LogP contribution in [0.1, 0.15) is 0 Å². The smallest absolute Gasteiger partial charge is 0.164 e. The molecule has 0 aliphatic rings. The second-order valence-electron chi connectivity index (χ2n) is 14.3. The zero-order valence-electron chi connectivity index (χ0n) is 30.3. The molecule has 0 aliphatic carbocycles. The molecule has 8 aromatic carbocycles. The Bertz CT molecular complexity index is 3540. The zero-order chi connectivity index (χ0) is 37.5. The molecule has 12 aromatic rings. The number of hydrogen-bond donors (Lipinski definition) is 0. The van der Waals surface area contributed by atoms with E-state index in [1.807, 2.05) is 78.9 Å². The number of hydrogen-bond acceptors (Lipinski definition) is 6. The van der Waals surface area contributed by atoms with Gasteiger partial charge in [-0.05, 0) is 71.3 Å². The number of para-hydroxylation sites is 3. The number of furan rings is 3. The maximum Gasteiger partial charge on any atom is 0.164 e. The van der Waals surface area contributed by atoms with Gasteiger partial charge in [0.25, 0.3) is 0 Å². The number of aromatic nitrogens is 3.